The van der Waals surface area contributed by atoms with Crippen LogP contribution in [-0.4, -0.2) is 10.9 Å². The Kier molecular flexibility index (Phi) is 4.92. The van der Waals surface area contributed by atoms with Gasteiger partial charge in [-0.05, 0) is 36.2 Å². The Labute approximate surface area is 146 Å². The monoisotopic (exact) mass is 336 g/mol. The summed E-state index contributed by atoms with van der Waals surface area (Å²) in [5.74, 6) is -0.206. The molecule has 1 unspecified atom stereocenters. The van der Waals surface area contributed by atoms with E-state index in [9.17, 15) is 4.79 Å². The van der Waals surface area contributed by atoms with Crippen LogP contribution in [0.3, 0.4) is 0 Å². The van der Waals surface area contributed by atoms with Crippen molar-refractivity contribution in [2.24, 2.45) is 0 Å². The van der Waals surface area contributed by atoms with Crippen LogP contribution in [0.5, 0.6) is 0 Å². The molecule has 0 aliphatic carbocycles. The first-order valence-corrected chi connectivity index (χ1v) is 8.09. The van der Waals surface area contributed by atoms with E-state index in [1.807, 2.05) is 67.6 Å². The van der Waals surface area contributed by atoms with E-state index < -0.39 is 0 Å². The normalized spacial score (nSPS) is 11.8. The zero-order valence-corrected chi connectivity index (χ0v) is 14.0. The largest absolute Gasteiger partial charge is 0.344 e. The van der Waals surface area contributed by atoms with Gasteiger partial charge in [-0.1, -0.05) is 60.1 Å². The molecule has 0 saturated carbocycles. The van der Waals surface area contributed by atoms with Crippen LogP contribution in [0.4, 0.5) is 0 Å². The first-order chi connectivity index (χ1) is 11.6. The number of hydrogen-bond acceptors (Lipinski definition) is 2. The van der Waals surface area contributed by atoms with Crippen LogP contribution < -0.4 is 5.32 Å². The van der Waals surface area contributed by atoms with Gasteiger partial charge in [-0.25, -0.2) is 0 Å². The first kappa shape index (κ1) is 16.2. The summed E-state index contributed by atoms with van der Waals surface area (Å²) in [5, 5.41) is 3.59. The van der Waals surface area contributed by atoms with Gasteiger partial charge < -0.3 is 5.32 Å². The third-order valence-electron chi connectivity index (χ3n) is 3.80. The molecule has 1 atom stereocenters. The first-order valence-electron chi connectivity index (χ1n) is 7.71. The minimum absolute atomic E-state index is 0.146. The number of carbonyl (C=O) groups is 1. The minimum atomic E-state index is -0.206. The zero-order chi connectivity index (χ0) is 16.9. The van der Waals surface area contributed by atoms with Crippen LogP contribution in [0.25, 0.3) is 11.1 Å². The number of hydrogen-bond donors (Lipinski definition) is 1. The van der Waals surface area contributed by atoms with Gasteiger partial charge >= 0.3 is 0 Å². The number of halogens is 1. The average Bonchev–Trinajstić information content (AvgIpc) is 2.62. The number of amides is 1. The Morgan fingerprint density at radius 3 is 2.46 bits per heavy atom. The lowest BCUT2D eigenvalue weighted by molar-refractivity contribution is 0.0935. The minimum Gasteiger partial charge on any atom is -0.344 e. The molecule has 2 aromatic carbocycles. The van der Waals surface area contributed by atoms with Gasteiger partial charge in [0.2, 0.25) is 0 Å². The van der Waals surface area contributed by atoms with E-state index in [0.717, 1.165) is 16.7 Å². The highest BCUT2D eigenvalue weighted by Crippen LogP contribution is 2.19. The topological polar surface area (TPSA) is 42.0 Å². The summed E-state index contributed by atoms with van der Waals surface area (Å²) in [6, 6.07) is 20.9. The van der Waals surface area contributed by atoms with Gasteiger partial charge in [-0.3, -0.25) is 9.78 Å². The highest BCUT2D eigenvalue weighted by atomic mass is 35.5. The number of pyridine rings is 1. The maximum atomic E-state index is 12.4. The van der Waals surface area contributed by atoms with Gasteiger partial charge in [0.05, 0.1) is 6.04 Å². The molecule has 0 spiro atoms. The fourth-order valence-corrected chi connectivity index (χ4v) is 2.66. The molecular formula is C20H17ClN2O. The predicted octanol–water partition coefficient (Wildman–Crippen LogP) is 4.89. The van der Waals surface area contributed by atoms with E-state index in [-0.39, 0.29) is 11.9 Å². The molecule has 0 fully saturated rings. The zero-order valence-electron chi connectivity index (χ0n) is 13.2. The van der Waals surface area contributed by atoms with E-state index >= 15 is 0 Å². The Balaban J connectivity index is 1.71. The van der Waals surface area contributed by atoms with Crippen molar-refractivity contribution in [3.05, 3.63) is 89.2 Å². The average molecular weight is 337 g/mol. The van der Waals surface area contributed by atoms with Crippen LogP contribution in [0.2, 0.25) is 5.02 Å². The molecule has 4 heteroatoms. The fourth-order valence-electron chi connectivity index (χ4n) is 2.46. The van der Waals surface area contributed by atoms with Crippen molar-refractivity contribution >= 4 is 17.5 Å². The van der Waals surface area contributed by atoms with Crippen LogP contribution in [0, 0.1) is 0 Å². The highest BCUT2D eigenvalue weighted by Gasteiger charge is 2.13. The third-order valence-corrected chi connectivity index (χ3v) is 4.03. The smallest absolute Gasteiger partial charge is 0.270 e. The quantitative estimate of drug-likeness (QED) is 0.736. The Morgan fingerprint density at radius 1 is 1.00 bits per heavy atom. The van der Waals surface area contributed by atoms with Gasteiger partial charge in [0.25, 0.3) is 5.91 Å². The lowest BCUT2D eigenvalue weighted by Crippen LogP contribution is -2.27. The summed E-state index contributed by atoms with van der Waals surface area (Å²) in [4.78, 5) is 16.6. The van der Waals surface area contributed by atoms with Crippen molar-refractivity contribution in [2.45, 2.75) is 13.0 Å². The van der Waals surface area contributed by atoms with Crippen molar-refractivity contribution in [1.82, 2.24) is 10.3 Å². The summed E-state index contributed by atoms with van der Waals surface area (Å²) in [6.45, 7) is 1.92. The number of benzene rings is 2. The molecule has 0 bridgehead atoms. The molecule has 0 aliphatic heterocycles. The SMILES string of the molecule is CC(NC(=O)c1ccc(-c2ccccc2)cn1)c1cccc(Cl)c1. The van der Waals surface area contributed by atoms with E-state index in [1.165, 1.54) is 0 Å². The second-order valence-corrected chi connectivity index (χ2v) is 5.98. The molecule has 3 nitrogen and oxygen atoms in total. The van der Waals surface area contributed by atoms with Gasteiger partial charge in [-0.15, -0.1) is 0 Å². The van der Waals surface area contributed by atoms with Gasteiger partial charge in [0.15, 0.2) is 0 Å². The molecule has 0 saturated heterocycles. The van der Waals surface area contributed by atoms with Crippen LogP contribution >= 0.6 is 11.6 Å². The molecular weight excluding hydrogens is 320 g/mol. The molecule has 1 amide bonds. The molecule has 0 aliphatic rings. The molecule has 3 aromatic rings. The standard InChI is InChI=1S/C20H17ClN2O/c1-14(16-8-5-9-18(21)12-16)23-20(24)19-11-10-17(13-22-19)15-6-3-2-4-7-15/h2-14H,1H3,(H,23,24). The molecule has 3 rings (SSSR count). The fraction of sp³-hybridized carbons (Fsp3) is 0.100. The number of nitrogens with zero attached hydrogens (tertiary/aromatic N) is 1. The summed E-state index contributed by atoms with van der Waals surface area (Å²) in [5.41, 5.74) is 3.40. The Morgan fingerprint density at radius 2 is 1.79 bits per heavy atom. The van der Waals surface area contributed by atoms with E-state index in [1.54, 1.807) is 12.3 Å². The predicted molar refractivity (Wildman–Crippen MR) is 97.0 cm³/mol. The Hall–Kier alpha value is -2.65. The van der Waals surface area contributed by atoms with Crippen LogP contribution in [0.15, 0.2) is 72.9 Å². The second-order valence-electron chi connectivity index (χ2n) is 5.55. The van der Waals surface area contributed by atoms with Crippen molar-refractivity contribution < 1.29 is 4.79 Å². The van der Waals surface area contributed by atoms with Crippen LogP contribution in [-0.2, 0) is 0 Å². The highest BCUT2D eigenvalue weighted by molar-refractivity contribution is 6.30. The summed E-state index contributed by atoms with van der Waals surface area (Å²) in [7, 11) is 0. The maximum Gasteiger partial charge on any atom is 0.270 e. The van der Waals surface area contributed by atoms with E-state index in [4.69, 9.17) is 11.6 Å². The molecule has 24 heavy (non-hydrogen) atoms. The van der Waals surface area contributed by atoms with Crippen molar-refractivity contribution in [1.29, 1.82) is 0 Å². The summed E-state index contributed by atoms with van der Waals surface area (Å²) >= 11 is 5.99. The third kappa shape index (κ3) is 3.81. The lowest BCUT2D eigenvalue weighted by atomic mass is 10.1. The molecule has 1 aromatic heterocycles. The van der Waals surface area contributed by atoms with Gasteiger partial charge in [0.1, 0.15) is 5.69 Å². The number of aromatic nitrogens is 1. The molecule has 1 heterocycles. The molecule has 1 N–H and O–H groups in total. The van der Waals surface area contributed by atoms with Gasteiger partial charge in [0, 0.05) is 16.8 Å². The van der Waals surface area contributed by atoms with Crippen molar-refractivity contribution in [2.75, 3.05) is 0 Å². The van der Waals surface area contributed by atoms with Gasteiger partial charge in [-0.2, -0.15) is 0 Å². The Bertz CT molecular complexity index is 832. The lowest BCUT2D eigenvalue weighted by Gasteiger charge is -2.14. The van der Waals surface area contributed by atoms with E-state index in [0.29, 0.717) is 10.7 Å². The maximum absolute atomic E-state index is 12.4. The number of rotatable bonds is 4. The van der Waals surface area contributed by atoms with E-state index in [2.05, 4.69) is 10.3 Å². The van der Waals surface area contributed by atoms with Crippen molar-refractivity contribution in [3.8, 4) is 11.1 Å². The number of nitrogens with one attached hydrogen (secondary N) is 1. The molecule has 120 valence electrons. The molecule has 0 radical (unpaired) electrons. The van der Waals surface area contributed by atoms with Crippen LogP contribution in [0.1, 0.15) is 29.0 Å². The number of carbonyl (C=O) groups excluding carboxylic acids is 1. The summed E-state index contributed by atoms with van der Waals surface area (Å²) < 4.78 is 0. The van der Waals surface area contributed by atoms with Crippen molar-refractivity contribution in [3.63, 3.8) is 0 Å². The second kappa shape index (κ2) is 7.28. The summed E-state index contributed by atoms with van der Waals surface area (Å²) in [6.07, 6.45) is 1.72.